The smallest absolute Gasteiger partial charge is 0.229 e. The molecule has 1 aromatic rings. The molecule has 1 N–H and O–H groups in total. The summed E-state index contributed by atoms with van der Waals surface area (Å²) in [5.74, 6) is 0.461. The van der Waals surface area contributed by atoms with Crippen LogP contribution in [0.2, 0.25) is 0 Å². The summed E-state index contributed by atoms with van der Waals surface area (Å²) in [5.41, 5.74) is 1.84. The van der Waals surface area contributed by atoms with Crippen LogP contribution >= 0.6 is 0 Å². The van der Waals surface area contributed by atoms with E-state index in [9.17, 15) is 9.59 Å². The predicted octanol–water partition coefficient (Wildman–Crippen LogP) is 2.50. The number of amides is 2. The lowest BCUT2D eigenvalue weighted by Crippen LogP contribution is -2.45. The number of likely N-dealkylation sites (tertiary alicyclic amines) is 1. The fourth-order valence-corrected chi connectivity index (χ4v) is 4.20. The maximum atomic E-state index is 12.8. The van der Waals surface area contributed by atoms with E-state index >= 15 is 0 Å². The third-order valence-electron chi connectivity index (χ3n) is 5.68. The summed E-state index contributed by atoms with van der Waals surface area (Å²) < 4.78 is 5.83. The number of anilines is 2. The van der Waals surface area contributed by atoms with Gasteiger partial charge in [-0.3, -0.25) is 9.59 Å². The Bertz CT molecular complexity index is 708. The lowest BCUT2D eigenvalue weighted by Gasteiger charge is -2.37. The number of morpholine rings is 1. The SMILES string of the molecule is C[C@@H]1CN(c2ccccc2NC(=O)[C@H]2CC(=O)N(CC3CC3)C2)C[C@H](C)O1. The van der Waals surface area contributed by atoms with Gasteiger partial charge in [-0.05, 0) is 44.7 Å². The van der Waals surface area contributed by atoms with Crippen molar-refractivity contribution in [2.45, 2.75) is 45.3 Å². The zero-order valence-electron chi connectivity index (χ0n) is 16.2. The molecule has 2 heterocycles. The molecule has 0 spiro atoms. The first kappa shape index (κ1) is 18.3. The Morgan fingerprint density at radius 3 is 2.56 bits per heavy atom. The van der Waals surface area contributed by atoms with E-state index < -0.39 is 0 Å². The van der Waals surface area contributed by atoms with Gasteiger partial charge in [-0.15, -0.1) is 0 Å². The average molecular weight is 371 g/mol. The molecule has 2 aliphatic heterocycles. The Kier molecular flexibility index (Phi) is 5.08. The Labute approximate surface area is 160 Å². The standard InChI is InChI=1S/C21H29N3O3/c1-14-10-23(11-15(2)27-14)19-6-4-3-5-18(19)22-21(26)17-9-20(25)24(13-17)12-16-7-8-16/h3-6,14-17H,7-13H2,1-2H3,(H,22,26)/t14-,15+,17-/m0/s1. The molecule has 3 fully saturated rings. The fraction of sp³-hybridized carbons (Fsp3) is 0.619. The van der Waals surface area contributed by atoms with E-state index in [-0.39, 0.29) is 29.9 Å². The van der Waals surface area contributed by atoms with Crippen LogP contribution in [-0.4, -0.2) is 55.1 Å². The molecule has 3 aliphatic rings. The first-order chi connectivity index (χ1) is 13.0. The van der Waals surface area contributed by atoms with Gasteiger partial charge < -0.3 is 19.9 Å². The third-order valence-corrected chi connectivity index (χ3v) is 5.68. The molecule has 0 radical (unpaired) electrons. The molecule has 0 unspecified atom stereocenters. The summed E-state index contributed by atoms with van der Waals surface area (Å²) in [7, 11) is 0. The molecule has 6 nitrogen and oxygen atoms in total. The van der Waals surface area contributed by atoms with Crippen molar-refractivity contribution in [3.63, 3.8) is 0 Å². The van der Waals surface area contributed by atoms with Crippen LogP contribution in [0.1, 0.15) is 33.1 Å². The summed E-state index contributed by atoms with van der Waals surface area (Å²) in [6, 6.07) is 7.91. The number of carbonyl (C=O) groups is 2. The quantitative estimate of drug-likeness (QED) is 0.864. The van der Waals surface area contributed by atoms with E-state index in [0.29, 0.717) is 18.9 Å². The highest BCUT2D eigenvalue weighted by atomic mass is 16.5. The molecule has 2 amide bonds. The van der Waals surface area contributed by atoms with Crippen LogP contribution in [0.15, 0.2) is 24.3 Å². The van der Waals surface area contributed by atoms with Crippen LogP contribution in [0, 0.1) is 11.8 Å². The highest BCUT2D eigenvalue weighted by Crippen LogP contribution is 2.33. The van der Waals surface area contributed by atoms with E-state index in [1.807, 2.05) is 29.2 Å². The number of nitrogens with zero attached hydrogens (tertiary/aromatic N) is 2. The second-order valence-electron chi connectivity index (χ2n) is 8.31. The minimum Gasteiger partial charge on any atom is -0.372 e. The summed E-state index contributed by atoms with van der Waals surface area (Å²) in [6.45, 7) is 7.12. The predicted molar refractivity (Wildman–Crippen MR) is 105 cm³/mol. The van der Waals surface area contributed by atoms with Gasteiger partial charge >= 0.3 is 0 Å². The number of nitrogens with one attached hydrogen (secondary N) is 1. The molecule has 1 aromatic carbocycles. The molecule has 146 valence electrons. The molecule has 1 aliphatic carbocycles. The highest BCUT2D eigenvalue weighted by molar-refractivity contribution is 5.99. The van der Waals surface area contributed by atoms with Crippen molar-refractivity contribution in [3.8, 4) is 0 Å². The molecule has 0 bridgehead atoms. The van der Waals surface area contributed by atoms with Crippen molar-refractivity contribution in [1.82, 2.24) is 4.90 Å². The highest BCUT2D eigenvalue weighted by Gasteiger charge is 2.37. The van der Waals surface area contributed by atoms with Gasteiger partial charge in [0.05, 0.1) is 29.5 Å². The van der Waals surface area contributed by atoms with Crippen LogP contribution in [-0.2, 0) is 14.3 Å². The van der Waals surface area contributed by atoms with Gasteiger partial charge in [-0.1, -0.05) is 12.1 Å². The first-order valence-electron chi connectivity index (χ1n) is 10.1. The summed E-state index contributed by atoms with van der Waals surface area (Å²) in [6.07, 6.45) is 3.06. The number of rotatable bonds is 5. The number of ether oxygens (including phenoxy) is 1. The van der Waals surface area contributed by atoms with Gasteiger partial charge in [0, 0.05) is 32.6 Å². The zero-order chi connectivity index (χ0) is 19.0. The van der Waals surface area contributed by atoms with Crippen molar-refractivity contribution >= 4 is 23.2 Å². The fourth-order valence-electron chi connectivity index (χ4n) is 4.20. The maximum Gasteiger partial charge on any atom is 0.229 e. The number of benzene rings is 1. The van der Waals surface area contributed by atoms with Crippen LogP contribution in [0.5, 0.6) is 0 Å². The van der Waals surface area contributed by atoms with Crippen LogP contribution in [0.3, 0.4) is 0 Å². The molecule has 6 heteroatoms. The van der Waals surface area contributed by atoms with Gasteiger partial charge in [0.1, 0.15) is 0 Å². The topological polar surface area (TPSA) is 61.9 Å². The van der Waals surface area contributed by atoms with E-state index in [2.05, 4.69) is 24.1 Å². The number of carbonyl (C=O) groups excluding carboxylic acids is 2. The van der Waals surface area contributed by atoms with E-state index in [0.717, 1.165) is 31.0 Å². The van der Waals surface area contributed by atoms with Gasteiger partial charge in [0.2, 0.25) is 11.8 Å². The average Bonchev–Trinajstić information content (AvgIpc) is 3.36. The largest absolute Gasteiger partial charge is 0.372 e. The number of hydrogen-bond acceptors (Lipinski definition) is 4. The normalized spacial score (nSPS) is 28.5. The Morgan fingerprint density at radius 1 is 1.15 bits per heavy atom. The lowest BCUT2D eigenvalue weighted by atomic mass is 10.1. The molecule has 3 atom stereocenters. The van der Waals surface area contributed by atoms with Crippen molar-refractivity contribution in [2.24, 2.45) is 11.8 Å². The van der Waals surface area contributed by atoms with Crippen molar-refractivity contribution in [2.75, 3.05) is 36.4 Å². The molecule has 27 heavy (non-hydrogen) atoms. The maximum absolute atomic E-state index is 12.8. The second kappa shape index (κ2) is 7.50. The summed E-state index contributed by atoms with van der Waals surface area (Å²) in [4.78, 5) is 29.2. The Hall–Kier alpha value is -2.08. The minimum atomic E-state index is -0.258. The van der Waals surface area contributed by atoms with Crippen molar-refractivity contribution < 1.29 is 14.3 Å². The molecular weight excluding hydrogens is 342 g/mol. The molecular formula is C21H29N3O3. The van der Waals surface area contributed by atoms with E-state index in [1.165, 1.54) is 12.8 Å². The van der Waals surface area contributed by atoms with E-state index in [4.69, 9.17) is 4.74 Å². The minimum absolute atomic E-state index is 0.0524. The van der Waals surface area contributed by atoms with Crippen molar-refractivity contribution in [1.29, 1.82) is 0 Å². The van der Waals surface area contributed by atoms with Gasteiger partial charge in [-0.2, -0.15) is 0 Å². The van der Waals surface area contributed by atoms with Crippen LogP contribution in [0.25, 0.3) is 0 Å². The van der Waals surface area contributed by atoms with Crippen molar-refractivity contribution in [3.05, 3.63) is 24.3 Å². The zero-order valence-corrected chi connectivity index (χ0v) is 16.2. The molecule has 2 saturated heterocycles. The molecule has 0 aromatic heterocycles. The number of para-hydroxylation sites is 2. The monoisotopic (exact) mass is 371 g/mol. The molecule has 1 saturated carbocycles. The van der Waals surface area contributed by atoms with Crippen LogP contribution < -0.4 is 10.2 Å². The van der Waals surface area contributed by atoms with E-state index in [1.54, 1.807) is 0 Å². The molecule has 4 rings (SSSR count). The van der Waals surface area contributed by atoms with Gasteiger partial charge in [0.15, 0.2) is 0 Å². The Morgan fingerprint density at radius 2 is 1.85 bits per heavy atom. The van der Waals surface area contributed by atoms with Gasteiger partial charge in [-0.25, -0.2) is 0 Å². The third kappa shape index (κ3) is 4.26. The lowest BCUT2D eigenvalue weighted by molar-refractivity contribution is -0.128. The second-order valence-corrected chi connectivity index (χ2v) is 8.31. The summed E-state index contributed by atoms with van der Waals surface area (Å²) in [5, 5.41) is 3.09. The van der Waals surface area contributed by atoms with Crippen LogP contribution in [0.4, 0.5) is 11.4 Å². The number of hydrogen-bond donors (Lipinski definition) is 1. The Balaban J connectivity index is 1.43. The summed E-state index contributed by atoms with van der Waals surface area (Å²) >= 11 is 0. The van der Waals surface area contributed by atoms with Gasteiger partial charge in [0.25, 0.3) is 0 Å². The first-order valence-corrected chi connectivity index (χ1v) is 10.1.